The van der Waals surface area contributed by atoms with Crippen molar-refractivity contribution in [2.45, 2.75) is 31.8 Å². The average Bonchev–Trinajstić information content (AvgIpc) is 2.79. The number of benzene rings is 3. The average molecular weight is 498 g/mol. The molecule has 182 valence electrons. The highest BCUT2D eigenvalue weighted by molar-refractivity contribution is 7.92. The Kier molecular flexibility index (Phi) is 7.50. The predicted molar refractivity (Wildman–Crippen MR) is 130 cm³/mol. The van der Waals surface area contributed by atoms with Crippen LogP contribution in [-0.4, -0.2) is 31.3 Å². The highest BCUT2D eigenvalue weighted by atomic mass is 32.2. The van der Waals surface area contributed by atoms with Crippen LogP contribution in [0.1, 0.15) is 28.4 Å². The maximum Gasteiger partial charge on any atom is 0.338 e. The first kappa shape index (κ1) is 25.4. The second kappa shape index (κ2) is 10.3. The van der Waals surface area contributed by atoms with Crippen molar-refractivity contribution < 1.29 is 27.7 Å². The summed E-state index contributed by atoms with van der Waals surface area (Å²) < 4.78 is 33.0. The van der Waals surface area contributed by atoms with Gasteiger partial charge in [-0.15, -0.1) is 0 Å². The topological polar surface area (TPSA) is 145 Å². The lowest BCUT2D eigenvalue weighted by Crippen LogP contribution is -2.30. The molecule has 0 aliphatic heterocycles. The van der Waals surface area contributed by atoms with E-state index in [0.29, 0.717) is 11.3 Å². The third-order valence-electron chi connectivity index (χ3n) is 4.98. The molecule has 0 aliphatic rings. The Hall–Kier alpha value is -4.25. The number of carbonyl (C=O) groups excluding carboxylic acids is 2. The van der Waals surface area contributed by atoms with Crippen LogP contribution in [0.25, 0.3) is 0 Å². The molecule has 11 heteroatoms. The van der Waals surface area contributed by atoms with Crippen LogP contribution < -0.4 is 10.0 Å². The van der Waals surface area contributed by atoms with E-state index < -0.39 is 32.9 Å². The summed E-state index contributed by atoms with van der Waals surface area (Å²) in [5.41, 5.74) is 1.76. The van der Waals surface area contributed by atoms with Gasteiger partial charge in [-0.05, 0) is 68.3 Å². The predicted octanol–water partition coefficient (Wildman–Crippen LogP) is 4.20. The second-order valence-electron chi connectivity index (χ2n) is 7.80. The summed E-state index contributed by atoms with van der Waals surface area (Å²) in [5.74, 6) is -1.26. The van der Waals surface area contributed by atoms with Crippen LogP contribution in [-0.2, 0) is 19.6 Å². The molecule has 0 saturated heterocycles. The van der Waals surface area contributed by atoms with E-state index in [-0.39, 0.29) is 21.8 Å². The van der Waals surface area contributed by atoms with Gasteiger partial charge in [0.2, 0.25) is 0 Å². The van der Waals surface area contributed by atoms with Crippen molar-refractivity contribution >= 4 is 39.0 Å². The van der Waals surface area contributed by atoms with Crippen molar-refractivity contribution in [1.82, 2.24) is 0 Å². The number of anilines is 2. The van der Waals surface area contributed by atoms with Crippen LogP contribution in [0, 0.1) is 24.0 Å². The van der Waals surface area contributed by atoms with Gasteiger partial charge in [0, 0.05) is 23.5 Å². The molecule has 0 aliphatic carbocycles. The van der Waals surface area contributed by atoms with Gasteiger partial charge in [-0.3, -0.25) is 19.6 Å². The van der Waals surface area contributed by atoms with E-state index in [1.54, 1.807) is 18.2 Å². The molecule has 1 unspecified atom stereocenters. The number of carbonyl (C=O) groups is 2. The van der Waals surface area contributed by atoms with Gasteiger partial charge in [0.25, 0.3) is 21.6 Å². The van der Waals surface area contributed by atoms with Crippen molar-refractivity contribution in [1.29, 1.82) is 0 Å². The van der Waals surface area contributed by atoms with Crippen LogP contribution >= 0.6 is 0 Å². The SMILES string of the molecule is Cc1cccc(NC(=O)C(C)OC(=O)c2ccc(NS(=O)(=O)c3cc([N+](=O)[O-])ccc3C)cc2)c1. The van der Waals surface area contributed by atoms with E-state index in [1.165, 1.54) is 50.2 Å². The molecular formula is C24H23N3O7S. The van der Waals surface area contributed by atoms with E-state index >= 15 is 0 Å². The highest BCUT2D eigenvalue weighted by Crippen LogP contribution is 2.24. The zero-order chi connectivity index (χ0) is 25.8. The Balaban J connectivity index is 1.66. The molecule has 3 aromatic rings. The summed E-state index contributed by atoms with van der Waals surface area (Å²) in [5, 5.41) is 13.7. The van der Waals surface area contributed by atoms with Crippen molar-refractivity contribution in [2.24, 2.45) is 0 Å². The summed E-state index contributed by atoms with van der Waals surface area (Å²) in [4.78, 5) is 34.8. The molecule has 0 fully saturated rings. The fourth-order valence-electron chi connectivity index (χ4n) is 3.13. The molecule has 2 N–H and O–H groups in total. The number of hydrogen-bond acceptors (Lipinski definition) is 7. The second-order valence-corrected chi connectivity index (χ2v) is 9.45. The maximum atomic E-state index is 12.7. The van der Waals surface area contributed by atoms with Gasteiger partial charge in [0.15, 0.2) is 6.10 Å². The molecule has 0 aromatic heterocycles. The normalized spacial score (nSPS) is 11.9. The zero-order valence-electron chi connectivity index (χ0n) is 19.1. The summed E-state index contributed by atoms with van der Waals surface area (Å²) in [7, 11) is -4.12. The molecule has 0 radical (unpaired) electrons. The van der Waals surface area contributed by atoms with Crippen molar-refractivity contribution in [3.05, 3.63) is 93.5 Å². The number of hydrogen-bond donors (Lipinski definition) is 2. The third-order valence-corrected chi connectivity index (χ3v) is 6.51. The zero-order valence-corrected chi connectivity index (χ0v) is 20.0. The first-order valence-electron chi connectivity index (χ1n) is 10.4. The molecule has 0 saturated carbocycles. The van der Waals surface area contributed by atoms with Crippen LogP contribution in [0.4, 0.5) is 17.1 Å². The van der Waals surface area contributed by atoms with E-state index in [2.05, 4.69) is 10.0 Å². The molecule has 1 amide bonds. The summed E-state index contributed by atoms with van der Waals surface area (Å²) in [6.45, 7) is 4.84. The van der Waals surface area contributed by atoms with E-state index in [9.17, 15) is 28.1 Å². The number of ether oxygens (including phenoxy) is 1. The van der Waals surface area contributed by atoms with E-state index in [1.807, 2.05) is 13.0 Å². The smallest absolute Gasteiger partial charge is 0.338 e. The first-order chi connectivity index (χ1) is 16.5. The molecule has 0 bridgehead atoms. The summed E-state index contributed by atoms with van der Waals surface area (Å²) in [6, 6.07) is 16.1. The summed E-state index contributed by atoms with van der Waals surface area (Å²) >= 11 is 0. The maximum absolute atomic E-state index is 12.7. The molecule has 0 spiro atoms. The number of nitro groups is 1. The molecule has 3 rings (SSSR count). The number of sulfonamides is 1. The fraction of sp³-hybridized carbons (Fsp3) is 0.167. The number of aryl methyl sites for hydroxylation is 2. The first-order valence-corrected chi connectivity index (χ1v) is 11.9. The Morgan fingerprint density at radius 1 is 0.971 bits per heavy atom. The van der Waals surface area contributed by atoms with Gasteiger partial charge in [-0.25, -0.2) is 13.2 Å². The van der Waals surface area contributed by atoms with Gasteiger partial charge in [0.1, 0.15) is 0 Å². The Bertz CT molecular complexity index is 1390. The minimum Gasteiger partial charge on any atom is -0.449 e. The number of esters is 1. The monoisotopic (exact) mass is 497 g/mol. The Labute approximate surface area is 202 Å². The third kappa shape index (κ3) is 6.42. The molecule has 1 atom stereocenters. The number of nitrogens with one attached hydrogen (secondary N) is 2. The highest BCUT2D eigenvalue weighted by Gasteiger charge is 2.22. The molecule has 10 nitrogen and oxygen atoms in total. The number of nitro benzene ring substituents is 1. The van der Waals surface area contributed by atoms with Gasteiger partial charge >= 0.3 is 5.97 Å². The summed E-state index contributed by atoms with van der Waals surface area (Å²) in [6.07, 6.45) is -1.07. The van der Waals surface area contributed by atoms with Crippen molar-refractivity contribution in [3.63, 3.8) is 0 Å². The molecule has 35 heavy (non-hydrogen) atoms. The number of non-ortho nitro benzene ring substituents is 1. The fourth-order valence-corrected chi connectivity index (χ4v) is 4.45. The van der Waals surface area contributed by atoms with E-state index in [4.69, 9.17) is 4.74 Å². The van der Waals surface area contributed by atoms with E-state index in [0.717, 1.165) is 11.6 Å². The van der Waals surface area contributed by atoms with Crippen molar-refractivity contribution in [2.75, 3.05) is 10.0 Å². The number of nitrogens with zero attached hydrogens (tertiary/aromatic N) is 1. The number of amides is 1. The Morgan fingerprint density at radius 3 is 2.29 bits per heavy atom. The van der Waals surface area contributed by atoms with Gasteiger partial charge < -0.3 is 10.1 Å². The van der Waals surface area contributed by atoms with Crippen molar-refractivity contribution in [3.8, 4) is 0 Å². The van der Waals surface area contributed by atoms with Gasteiger partial charge in [-0.1, -0.05) is 18.2 Å². The van der Waals surface area contributed by atoms with Gasteiger partial charge in [0.05, 0.1) is 15.4 Å². The molecular weight excluding hydrogens is 474 g/mol. The quantitative estimate of drug-likeness (QED) is 0.270. The van der Waals surface area contributed by atoms with Crippen LogP contribution in [0.5, 0.6) is 0 Å². The molecule has 3 aromatic carbocycles. The van der Waals surface area contributed by atoms with Crippen LogP contribution in [0.15, 0.2) is 71.6 Å². The Morgan fingerprint density at radius 2 is 1.66 bits per heavy atom. The van der Waals surface area contributed by atoms with Crippen LogP contribution in [0.3, 0.4) is 0 Å². The molecule has 0 heterocycles. The number of rotatable bonds is 8. The lowest BCUT2D eigenvalue weighted by Gasteiger charge is -2.14. The van der Waals surface area contributed by atoms with Crippen LogP contribution in [0.2, 0.25) is 0 Å². The minimum atomic E-state index is -4.12. The lowest BCUT2D eigenvalue weighted by molar-refractivity contribution is -0.385. The lowest BCUT2D eigenvalue weighted by atomic mass is 10.2. The minimum absolute atomic E-state index is 0.106. The largest absolute Gasteiger partial charge is 0.449 e. The standard InChI is InChI=1S/C24H23N3O7S/c1-15-5-4-6-20(13-15)25-23(28)17(3)34-24(29)18-8-10-19(11-9-18)26-35(32,33)22-14-21(27(30)31)12-7-16(22)2/h4-14,17,26H,1-3H3,(H,25,28). The van der Waals surface area contributed by atoms with Gasteiger partial charge in [-0.2, -0.15) is 0 Å².